The number of aryl methyl sites for hydroxylation is 1. The Balaban J connectivity index is 1.74. The molecule has 0 saturated carbocycles. The van der Waals surface area contributed by atoms with Crippen molar-refractivity contribution in [2.75, 3.05) is 11.1 Å². The summed E-state index contributed by atoms with van der Waals surface area (Å²) in [6.45, 7) is 1.85. The van der Waals surface area contributed by atoms with Crippen molar-refractivity contribution in [2.45, 2.75) is 18.2 Å². The second-order valence-electron chi connectivity index (χ2n) is 6.82. The lowest BCUT2D eigenvalue weighted by molar-refractivity contribution is -0.115. The summed E-state index contributed by atoms with van der Waals surface area (Å²) < 4.78 is 24.9. The SMILES string of the molecule is Cc1ccc(NC(=O)CCS(=O)(=O)c2ccc(Cl)cc2)c(C(=O)c2ccccc2)c1. The highest BCUT2D eigenvalue weighted by Crippen LogP contribution is 2.22. The van der Waals surface area contributed by atoms with Crippen LogP contribution in [0.5, 0.6) is 0 Å². The molecule has 0 spiro atoms. The van der Waals surface area contributed by atoms with Gasteiger partial charge >= 0.3 is 0 Å². The molecule has 0 aliphatic heterocycles. The summed E-state index contributed by atoms with van der Waals surface area (Å²) in [6, 6.07) is 19.7. The minimum absolute atomic E-state index is 0.106. The van der Waals surface area contributed by atoms with Crippen molar-refractivity contribution < 1.29 is 18.0 Å². The average Bonchev–Trinajstić information content (AvgIpc) is 2.74. The molecule has 5 nitrogen and oxygen atoms in total. The molecular weight excluding hydrogens is 422 g/mol. The molecule has 0 aliphatic carbocycles. The van der Waals surface area contributed by atoms with Gasteiger partial charge in [-0.05, 0) is 43.3 Å². The Bertz CT molecular complexity index is 1170. The van der Waals surface area contributed by atoms with Gasteiger partial charge in [-0.3, -0.25) is 9.59 Å². The number of ketones is 1. The van der Waals surface area contributed by atoms with Crippen LogP contribution in [0.3, 0.4) is 0 Å². The Morgan fingerprint density at radius 3 is 2.27 bits per heavy atom. The van der Waals surface area contributed by atoms with Gasteiger partial charge in [0.2, 0.25) is 5.91 Å². The van der Waals surface area contributed by atoms with E-state index in [1.807, 2.05) is 13.0 Å². The predicted octanol–water partition coefficient (Wildman–Crippen LogP) is 4.68. The van der Waals surface area contributed by atoms with Gasteiger partial charge in [-0.1, -0.05) is 53.6 Å². The molecule has 30 heavy (non-hydrogen) atoms. The summed E-state index contributed by atoms with van der Waals surface area (Å²) >= 11 is 5.79. The van der Waals surface area contributed by atoms with Gasteiger partial charge < -0.3 is 5.32 Å². The fourth-order valence-corrected chi connectivity index (χ4v) is 4.27. The molecule has 3 aromatic rings. The average molecular weight is 442 g/mol. The molecular formula is C23H20ClNO4S. The molecule has 0 saturated heterocycles. The van der Waals surface area contributed by atoms with E-state index in [9.17, 15) is 18.0 Å². The Labute approximate surface area is 180 Å². The third kappa shape index (κ3) is 5.34. The van der Waals surface area contributed by atoms with E-state index in [0.29, 0.717) is 21.8 Å². The standard InChI is InChI=1S/C23H20ClNO4S/c1-16-7-12-21(20(15-16)23(27)17-5-3-2-4-6-17)25-22(26)13-14-30(28,29)19-10-8-18(24)9-11-19/h2-12,15H,13-14H2,1H3,(H,25,26). The summed E-state index contributed by atoms with van der Waals surface area (Å²) in [4.78, 5) is 25.4. The van der Waals surface area contributed by atoms with Crippen LogP contribution in [-0.2, 0) is 14.6 Å². The van der Waals surface area contributed by atoms with Gasteiger partial charge in [0.1, 0.15) is 0 Å². The number of halogens is 1. The number of anilines is 1. The lowest BCUT2D eigenvalue weighted by Crippen LogP contribution is -2.19. The van der Waals surface area contributed by atoms with Crippen LogP contribution < -0.4 is 5.32 Å². The molecule has 3 aromatic carbocycles. The molecule has 154 valence electrons. The van der Waals surface area contributed by atoms with Crippen LogP contribution in [0.2, 0.25) is 5.02 Å². The number of amides is 1. The Morgan fingerprint density at radius 2 is 1.60 bits per heavy atom. The molecule has 0 radical (unpaired) electrons. The summed E-state index contributed by atoms with van der Waals surface area (Å²) in [7, 11) is -3.63. The van der Waals surface area contributed by atoms with E-state index in [1.54, 1.807) is 42.5 Å². The van der Waals surface area contributed by atoms with Crippen molar-refractivity contribution in [3.63, 3.8) is 0 Å². The zero-order valence-electron chi connectivity index (χ0n) is 16.3. The first-order valence-electron chi connectivity index (χ1n) is 9.25. The highest BCUT2D eigenvalue weighted by atomic mass is 35.5. The summed E-state index contributed by atoms with van der Waals surface area (Å²) in [5.41, 5.74) is 2.08. The molecule has 0 aliphatic rings. The second kappa shape index (κ2) is 9.24. The van der Waals surface area contributed by atoms with Crippen LogP contribution in [-0.4, -0.2) is 25.9 Å². The summed E-state index contributed by atoms with van der Waals surface area (Å²) in [5, 5.41) is 3.11. The van der Waals surface area contributed by atoms with Gasteiger partial charge in [0.15, 0.2) is 15.6 Å². The first kappa shape index (κ1) is 21.7. The molecule has 0 fully saturated rings. The molecule has 1 N–H and O–H groups in total. The third-order valence-corrected chi connectivity index (χ3v) is 6.48. The third-order valence-electron chi connectivity index (χ3n) is 4.50. The van der Waals surface area contributed by atoms with Gasteiger partial charge in [-0.25, -0.2) is 8.42 Å². The first-order valence-corrected chi connectivity index (χ1v) is 11.3. The molecule has 1 amide bonds. The Kier molecular flexibility index (Phi) is 6.70. The molecule has 0 bridgehead atoms. The van der Waals surface area contributed by atoms with Gasteiger partial charge in [-0.2, -0.15) is 0 Å². The van der Waals surface area contributed by atoms with Gasteiger partial charge in [-0.15, -0.1) is 0 Å². The lowest BCUT2D eigenvalue weighted by Gasteiger charge is -2.12. The molecule has 7 heteroatoms. The Hall–Kier alpha value is -2.96. The molecule has 3 rings (SSSR count). The normalized spacial score (nSPS) is 11.1. The van der Waals surface area contributed by atoms with E-state index in [0.717, 1.165) is 5.56 Å². The van der Waals surface area contributed by atoms with Crippen LogP contribution >= 0.6 is 11.6 Å². The van der Waals surface area contributed by atoms with Crippen LogP contribution in [0.15, 0.2) is 77.7 Å². The summed E-state index contributed by atoms with van der Waals surface area (Å²) in [5.74, 6) is -1.06. The fourth-order valence-electron chi connectivity index (χ4n) is 2.90. The number of sulfone groups is 1. The minimum Gasteiger partial charge on any atom is -0.325 e. The molecule has 0 heterocycles. The number of hydrogen-bond acceptors (Lipinski definition) is 4. The number of carbonyl (C=O) groups excluding carboxylic acids is 2. The number of nitrogens with one attached hydrogen (secondary N) is 1. The smallest absolute Gasteiger partial charge is 0.225 e. The number of benzene rings is 3. The largest absolute Gasteiger partial charge is 0.325 e. The Morgan fingerprint density at radius 1 is 0.933 bits per heavy atom. The predicted molar refractivity (Wildman–Crippen MR) is 118 cm³/mol. The van der Waals surface area contributed by atoms with Crippen LogP contribution in [0, 0.1) is 6.92 Å². The van der Waals surface area contributed by atoms with E-state index < -0.39 is 15.7 Å². The molecule has 0 atom stereocenters. The number of carbonyl (C=O) groups is 2. The second-order valence-corrected chi connectivity index (χ2v) is 9.36. The van der Waals surface area contributed by atoms with Crippen molar-refractivity contribution in [1.29, 1.82) is 0 Å². The maximum absolute atomic E-state index is 12.9. The van der Waals surface area contributed by atoms with Crippen LogP contribution in [0.25, 0.3) is 0 Å². The number of rotatable bonds is 7. The van der Waals surface area contributed by atoms with E-state index in [2.05, 4.69) is 5.32 Å². The van der Waals surface area contributed by atoms with E-state index in [1.165, 1.54) is 24.3 Å². The summed E-state index contributed by atoms with van der Waals surface area (Å²) in [6.07, 6.45) is -0.238. The zero-order chi connectivity index (χ0) is 21.7. The molecule has 0 unspecified atom stereocenters. The lowest BCUT2D eigenvalue weighted by atomic mass is 9.99. The van der Waals surface area contributed by atoms with Crippen molar-refractivity contribution in [3.05, 3.63) is 94.5 Å². The highest BCUT2D eigenvalue weighted by Gasteiger charge is 2.19. The minimum atomic E-state index is -3.63. The van der Waals surface area contributed by atoms with E-state index in [4.69, 9.17) is 11.6 Å². The van der Waals surface area contributed by atoms with Crippen molar-refractivity contribution in [3.8, 4) is 0 Å². The van der Waals surface area contributed by atoms with Crippen molar-refractivity contribution in [2.24, 2.45) is 0 Å². The van der Waals surface area contributed by atoms with Crippen molar-refractivity contribution >= 4 is 38.8 Å². The van der Waals surface area contributed by atoms with Gasteiger partial charge in [0, 0.05) is 22.6 Å². The topological polar surface area (TPSA) is 80.3 Å². The van der Waals surface area contributed by atoms with Gasteiger partial charge in [0.05, 0.1) is 16.3 Å². The highest BCUT2D eigenvalue weighted by molar-refractivity contribution is 7.91. The van der Waals surface area contributed by atoms with Crippen LogP contribution in [0.1, 0.15) is 27.9 Å². The maximum atomic E-state index is 12.9. The fraction of sp³-hybridized carbons (Fsp3) is 0.130. The maximum Gasteiger partial charge on any atom is 0.225 e. The quantitative estimate of drug-likeness (QED) is 0.540. The van der Waals surface area contributed by atoms with Crippen LogP contribution in [0.4, 0.5) is 5.69 Å². The van der Waals surface area contributed by atoms with Gasteiger partial charge in [0.25, 0.3) is 0 Å². The molecule has 0 aromatic heterocycles. The van der Waals surface area contributed by atoms with E-state index >= 15 is 0 Å². The first-order chi connectivity index (χ1) is 14.3. The van der Waals surface area contributed by atoms with Crippen molar-refractivity contribution in [1.82, 2.24) is 0 Å². The number of hydrogen-bond donors (Lipinski definition) is 1. The van der Waals surface area contributed by atoms with E-state index in [-0.39, 0.29) is 22.9 Å². The monoisotopic (exact) mass is 441 g/mol. The zero-order valence-corrected chi connectivity index (χ0v) is 17.8.